The molecule has 1 aliphatic heterocycles. The van der Waals surface area contributed by atoms with Gasteiger partial charge in [-0.3, -0.25) is 0 Å². The van der Waals surface area contributed by atoms with Gasteiger partial charge in [0.2, 0.25) is 0 Å². The van der Waals surface area contributed by atoms with Crippen molar-refractivity contribution in [2.24, 2.45) is 4.99 Å². The molecule has 0 saturated carbocycles. The van der Waals surface area contributed by atoms with Crippen molar-refractivity contribution < 1.29 is 0 Å². The van der Waals surface area contributed by atoms with Gasteiger partial charge in [0, 0.05) is 11.9 Å². The van der Waals surface area contributed by atoms with Crippen LogP contribution in [0.25, 0.3) is 0 Å². The summed E-state index contributed by atoms with van der Waals surface area (Å²) < 4.78 is 0. The Hall–Kier alpha value is -1.30. The monoisotopic (exact) mass is 135 g/mol. The van der Waals surface area contributed by atoms with E-state index in [1.807, 2.05) is 19.9 Å². The summed E-state index contributed by atoms with van der Waals surface area (Å²) in [6.07, 6.45) is 1.64. The molecule has 1 N–H and O–H groups in total. The van der Waals surface area contributed by atoms with Crippen LogP contribution in [0.4, 0.5) is 0 Å². The lowest BCUT2D eigenvalue weighted by Crippen LogP contribution is -2.31. The van der Waals surface area contributed by atoms with Gasteiger partial charge in [-0.1, -0.05) is 0 Å². The molecule has 3 nitrogen and oxygen atoms in total. The number of hydrogen-bond donors (Lipinski definition) is 1. The fourth-order valence-electron chi connectivity index (χ4n) is 0.701. The van der Waals surface area contributed by atoms with Crippen LogP contribution in [0.2, 0.25) is 0 Å². The second-order valence-electron chi connectivity index (χ2n) is 2.28. The normalized spacial score (nSPS) is 23.9. The third-order valence-electron chi connectivity index (χ3n) is 1.51. The minimum absolute atomic E-state index is 0.261. The van der Waals surface area contributed by atoms with Crippen molar-refractivity contribution in [3.8, 4) is 6.07 Å². The molecule has 0 radical (unpaired) electrons. The number of nitriles is 1. The summed E-state index contributed by atoms with van der Waals surface area (Å²) in [4.78, 5) is 4.04. The average molecular weight is 135 g/mol. The predicted molar refractivity (Wildman–Crippen MR) is 39.4 cm³/mol. The van der Waals surface area contributed by atoms with Crippen molar-refractivity contribution >= 4 is 5.71 Å². The molecule has 0 aromatic heterocycles. The number of rotatable bonds is 0. The fraction of sp³-hybridized carbons (Fsp3) is 0.429. The van der Waals surface area contributed by atoms with Gasteiger partial charge in [0.25, 0.3) is 0 Å². The molecule has 3 heteroatoms. The molecule has 0 aliphatic carbocycles. The number of nitrogens with one attached hydrogen (secondary N) is 1. The summed E-state index contributed by atoms with van der Waals surface area (Å²) in [5, 5.41) is 11.4. The van der Waals surface area contributed by atoms with E-state index in [1.54, 1.807) is 6.20 Å². The van der Waals surface area contributed by atoms with E-state index in [-0.39, 0.29) is 6.04 Å². The molecule has 10 heavy (non-hydrogen) atoms. The van der Waals surface area contributed by atoms with E-state index in [0.717, 1.165) is 5.71 Å². The quantitative estimate of drug-likeness (QED) is 0.534. The van der Waals surface area contributed by atoms with Gasteiger partial charge >= 0.3 is 0 Å². The van der Waals surface area contributed by atoms with Crippen LogP contribution < -0.4 is 5.32 Å². The number of nitrogens with zero attached hydrogens (tertiary/aromatic N) is 2. The Balaban J connectivity index is 2.82. The van der Waals surface area contributed by atoms with Gasteiger partial charge in [-0.2, -0.15) is 5.26 Å². The number of aliphatic imine (C=N–C) groups is 1. The minimum atomic E-state index is 0.261. The Morgan fingerprint density at radius 1 is 1.80 bits per heavy atom. The first-order chi connectivity index (χ1) is 4.74. The molecular formula is C7H9N3. The van der Waals surface area contributed by atoms with Gasteiger partial charge in [-0.25, -0.2) is 4.99 Å². The minimum Gasteiger partial charge on any atom is -0.381 e. The van der Waals surface area contributed by atoms with Crippen LogP contribution in [-0.4, -0.2) is 11.8 Å². The predicted octanol–water partition coefficient (Wildman–Crippen LogP) is 0.804. The average Bonchev–Trinajstić information content (AvgIpc) is 1.95. The third kappa shape index (κ3) is 1.16. The molecular weight excluding hydrogens is 126 g/mol. The van der Waals surface area contributed by atoms with Crippen LogP contribution in [0, 0.1) is 11.3 Å². The van der Waals surface area contributed by atoms with Crippen LogP contribution in [0.1, 0.15) is 13.8 Å². The molecule has 0 aromatic rings. The van der Waals surface area contributed by atoms with Crippen LogP contribution in [-0.2, 0) is 0 Å². The van der Waals surface area contributed by atoms with Gasteiger partial charge in [0.05, 0.1) is 6.04 Å². The van der Waals surface area contributed by atoms with E-state index in [0.29, 0.717) is 5.70 Å². The van der Waals surface area contributed by atoms with Gasteiger partial charge < -0.3 is 5.32 Å². The highest BCUT2D eigenvalue weighted by atomic mass is 15.0. The molecule has 0 bridgehead atoms. The molecule has 0 saturated heterocycles. The summed E-state index contributed by atoms with van der Waals surface area (Å²) in [5.74, 6) is 0. The molecule has 0 fully saturated rings. The van der Waals surface area contributed by atoms with E-state index in [2.05, 4.69) is 10.3 Å². The van der Waals surface area contributed by atoms with Crippen molar-refractivity contribution in [3.63, 3.8) is 0 Å². The van der Waals surface area contributed by atoms with Crippen molar-refractivity contribution in [3.05, 3.63) is 11.9 Å². The summed E-state index contributed by atoms with van der Waals surface area (Å²) in [6, 6.07) is 2.23. The van der Waals surface area contributed by atoms with Crippen molar-refractivity contribution in [2.45, 2.75) is 19.9 Å². The topological polar surface area (TPSA) is 48.2 Å². The molecule has 0 spiro atoms. The molecule has 0 amide bonds. The van der Waals surface area contributed by atoms with Crippen LogP contribution >= 0.6 is 0 Å². The molecule has 1 unspecified atom stereocenters. The van der Waals surface area contributed by atoms with E-state index >= 15 is 0 Å². The van der Waals surface area contributed by atoms with Crippen molar-refractivity contribution in [1.82, 2.24) is 5.32 Å². The van der Waals surface area contributed by atoms with E-state index in [1.165, 1.54) is 0 Å². The molecule has 1 atom stereocenters. The largest absolute Gasteiger partial charge is 0.381 e. The van der Waals surface area contributed by atoms with Crippen molar-refractivity contribution in [2.75, 3.05) is 0 Å². The van der Waals surface area contributed by atoms with Gasteiger partial charge in [-0.05, 0) is 13.8 Å². The molecule has 52 valence electrons. The fourth-order valence-corrected chi connectivity index (χ4v) is 0.701. The van der Waals surface area contributed by atoms with Crippen LogP contribution in [0.15, 0.2) is 16.9 Å². The highest BCUT2D eigenvalue weighted by Gasteiger charge is 2.08. The Kier molecular flexibility index (Phi) is 1.72. The third-order valence-corrected chi connectivity index (χ3v) is 1.51. The van der Waals surface area contributed by atoms with Crippen molar-refractivity contribution in [1.29, 1.82) is 5.26 Å². The first-order valence-corrected chi connectivity index (χ1v) is 3.15. The second kappa shape index (κ2) is 2.53. The SMILES string of the molecule is CC1=NC(C#N)=CNC1C. The summed E-state index contributed by atoms with van der Waals surface area (Å²) >= 11 is 0. The second-order valence-corrected chi connectivity index (χ2v) is 2.28. The van der Waals surface area contributed by atoms with Crippen LogP contribution in [0.3, 0.4) is 0 Å². The lowest BCUT2D eigenvalue weighted by atomic mass is 10.2. The van der Waals surface area contributed by atoms with E-state index < -0.39 is 0 Å². The molecule has 1 rings (SSSR count). The Labute approximate surface area is 60.1 Å². The summed E-state index contributed by atoms with van der Waals surface area (Å²) in [5.41, 5.74) is 1.41. The van der Waals surface area contributed by atoms with E-state index in [4.69, 9.17) is 5.26 Å². The highest BCUT2D eigenvalue weighted by Crippen LogP contribution is 2.02. The van der Waals surface area contributed by atoms with Gasteiger partial charge in [0.15, 0.2) is 5.70 Å². The zero-order valence-electron chi connectivity index (χ0n) is 6.05. The Bertz CT molecular complexity index is 232. The Morgan fingerprint density at radius 3 is 3.00 bits per heavy atom. The van der Waals surface area contributed by atoms with E-state index in [9.17, 15) is 0 Å². The highest BCUT2D eigenvalue weighted by molar-refractivity contribution is 5.89. The standard InChI is InChI=1S/C7H9N3/c1-5-6(2)10-7(3-8)4-9-5/h4-5,9H,1-2H3. The lowest BCUT2D eigenvalue weighted by Gasteiger charge is -2.15. The van der Waals surface area contributed by atoms with Gasteiger partial charge in [0.1, 0.15) is 6.07 Å². The maximum atomic E-state index is 8.43. The Morgan fingerprint density at radius 2 is 2.50 bits per heavy atom. The number of allylic oxidation sites excluding steroid dienone is 1. The number of hydrogen-bond acceptors (Lipinski definition) is 3. The first-order valence-electron chi connectivity index (χ1n) is 3.15. The molecule has 0 aromatic carbocycles. The smallest absolute Gasteiger partial charge is 0.156 e. The maximum absolute atomic E-state index is 8.43. The summed E-state index contributed by atoms with van der Waals surface area (Å²) in [6.45, 7) is 3.91. The van der Waals surface area contributed by atoms with Crippen LogP contribution in [0.5, 0.6) is 0 Å². The zero-order chi connectivity index (χ0) is 7.56. The first kappa shape index (κ1) is 6.81. The molecule has 1 heterocycles. The van der Waals surface area contributed by atoms with Gasteiger partial charge in [-0.15, -0.1) is 0 Å². The summed E-state index contributed by atoms with van der Waals surface area (Å²) in [7, 11) is 0. The maximum Gasteiger partial charge on any atom is 0.156 e. The lowest BCUT2D eigenvalue weighted by molar-refractivity contribution is 0.781. The molecule has 1 aliphatic rings. The zero-order valence-corrected chi connectivity index (χ0v) is 6.05.